The third-order valence-corrected chi connectivity index (χ3v) is 3.86. The van der Waals surface area contributed by atoms with E-state index in [2.05, 4.69) is 49.1 Å². The summed E-state index contributed by atoms with van der Waals surface area (Å²) in [6, 6.07) is 10.9. The van der Waals surface area contributed by atoms with E-state index in [-0.39, 0.29) is 0 Å². The Morgan fingerprint density at radius 3 is 1.95 bits per heavy atom. The van der Waals surface area contributed by atoms with Crippen LogP contribution in [0.5, 0.6) is 0 Å². The van der Waals surface area contributed by atoms with Crippen LogP contribution >= 0.6 is 0 Å². The fourth-order valence-electron chi connectivity index (χ4n) is 2.81. The average molecular weight is 275 g/mol. The van der Waals surface area contributed by atoms with Gasteiger partial charge >= 0.3 is 0 Å². The summed E-state index contributed by atoms with van der Waals surface area (Å²) in [6.45, 7) is 8.43. The highest BCUT2D eigenvalue weighted by atomic mass is 15.1. The molecule has 0 heterocycles. The highest BCUT2D eigenvalue weighted by molar-refractivity contribution is 5.14. The second-order valence-corrected chi connectivity index (χ2v) is 5.85. The van der Waals surface area contributed by atoms with Crippen LogP contribution in [-0.2, 0) is 6.42 Å². The fourth-order valence-corrected chi connectivity index (χ4v) is 2.81. The summed E-state index contributed by atoms with van der Waals surface area (Å²) in [5.74, 6) is 0. The molecule has 0 aromatic heterocycles. The Labute approximate surface area is 126 Å². The van der Waals surface area contributed by atoms with Crippen LogP contribution < -0.4 is 0 Å². The number of nitrogens with zero attached hydrogens (tertiary/aromatic N) is 1. The third kappa shape index (κ3) is 8.37. The van der Waals surface area contributed by atoms with E-state index in [0.29, 0.717) is 0 Å². The second kappa shape index (κ2) is 12.0. The lowest BCUT2D eigenvalue weighted by Crippen LogP contribution is -2.26. The van der Waals surface area contributed by atoms with Crippen LogP contribution in [0.15, 0.2) is 30.3 Å². The van der Waals surface area contributed by atoms with Crippen molar-refractivity contribution in [3.05, 3.63) is 35.9 Å². The van der Waals surface area contributed by atoms with Crippen LogP contribution in [-0.4, -0.2) is 24.5 Å². The molecule has 0 aliphatic heterocycles. The first-order valence-electron chi connectivity index (χ1n) is 8.63. The van der Waals surface area contributed by atoms with Crippen LogP contribution in [0.1, 0.15) is 64.4 Å². The van der Waals surface area contributed by atoms with Crippen molar-refractivity contribution in [1.82, 2.24) is 4.90 Å². The molecule has 0 aliphatic carbocycles. The normalized spacial score (nSPS) is 11.2. The Morgan fingerprint density at radius 2 is 1.30 bits per heavy atom. The molecule has 114 valence electrons. The molecule has 1 nitrogen and oxygen atoms in total. The van der Waals surface area contributed by atoms with Crippen molar-refractivity contribution >= 4 is 0 Å². The van der Waals surface area contributed by atoms with Gasteiger partial charge in [-0.25, -0.2) is 0 Å². The lowest BCUT2D eigenvalue weighted by Gasteiger charge is -2.20. The van der Waals surface area contributed by atoms with Gasteiger partial charge in [-0.3, -0.25) is 0 Å². The van der Waals surface area contributed by atoms with Crippen molar-refractivity contribution in [2.24, 2.45) is 0 Å². The lowest BCUT2D eigenvalue weighted by molar-refractivity contribution is 0.268. The first kappa shape index (κ1) is 17.2. The molecular formula is C19H33N. The van der Waals surface area contributed by atoms with Crippen molar-refractivity contribution in [1.29, 1.82) is 0 Å². The van der Waals surface area contributed by atoms with Gasteiger partial charge in [-0.1, -0.05) is 63.4 Å². The number of unbranched alkanes of at least 4 members (excludes halogenated alkanes) is 4. The summed E-state index contributed by atoms with van der Waals surface area (Å²) in [4.78, 5) is 2.63. The second-order valence-electron chi connectivity index (χ2n) is 5.85. The minimum Gasteiger partial charge on any atom is -0.303 e. The highest BCUT2D eigenvalue weighted by Gasteiger charge is 2.01. The van der Waals surface area contributed by atoms with Gasteiger partial charge in [0.25, 0.3) is 0 Å². The molecule has 0 saturated heterocycles. The Hall–Kier alpha value is -0.820. The van der Waals surface area contributed by atoms with Gasteiger partial charge < -0.3 is 4.90 Å². The van der Waals surface area contributed by atoms with E-state index in [4.69, 9.17) is 0 Å². The first-order valence-corrected chi connectivity index (χ1v) is 8.63. The number of rotatable bonds is 12. The molecule has 1 aromatic carbocycles. The highest BCUT2D eigenvalue weighted by Crippen LogP contribution is 2.09. The molecule has 0 saturated carbocycles. The van der Waals surface area contributed by atoms with Crippen molar-refractivity contribution in [2.45, 2.75) is 65.2 Å². The van der Waals surface area contributed by atoms with Gasteiger partial charge in [0.05, 0.1) is 0 Å². The average Bonchev–Trinajstić information content (AvgIpc) is 2.47. The van der Waals surface area contributed by atoms with Crippen molar-refractivity contribution in [3.63, 3.8) is 0 Å². The number of benzene rings is 1. The zero-order chi connectivity index (χ0) is 14.5. The summed E-state index contributed by atoms with van der Waals surface area (Å²) in [6.07, 6.45) is 10.7. The maximum Gasteiger partial charge on any atom is -0.00187 e. The molecule has 0 unspecified atom stereocenters. The largest absolute Gasteiger partial charge is 0.303 e. The molecular weight excluding hydrogens is 242 g/mol. The van der Waals surface area contributed by atoms with Crippen LogP contribution in [0.4, 0.5) is 0 Å². The maximum absolute atomic E-state index is 2.63. The molecule has 0 N–H and O–H groups in total. The molecule has 0 atom stereocenters. The molecule has 1 heteroatoms. The smallest absolute Gasteiger partial charge is 0.00187 e. The molecule has 0 spiro atoms. The predicted octanol–water partition coefficient (Wildman–Crippen LogP) is 5.30. The summed E-state index contributed by atoms with van der Waals surface area (Å²) >= 11 is 0. The van der Waals surface area contributed by atoms with E-state index >= 15 is 0 Å². The molecule has 0 amide bonds. The van der Waals surface area contributed by atoms with Crippen molar-refractivity contribution < 1.29 is 0 Å². The van der Waals surface area contributed by atoms with Gasteiger partial charge in [0.2, 0.25) is 0 Å². The van der Waals surface area contributed by atoms with Crippen LogP contribution in [0, 0.1) is 0 Å². The van der Waals surface area contributed by atoms with Gasteiger partial charge in [0, 0.05) is 0 Å². The monoisotopic (exact) mass is 275 g/mol. The molecule has 1 aromatic rings. The Balaban J connectivity index is 1.96. The number of hydrogen-bond acceptors (Lipinski definition) is 1. The maximum atomic E-state index is 2.63. The van der Waals surface area contributed by atoms with Gasteiger partial charge in [-0.2, -0.15) is 0 Å². The topological polar surface area (TPSA) is 3.24 Å². The predicted molar refractivity (Wildman–Crippen MR) is 90.3 cm³/mol. The van der Waals surface area contributed by atoms with Crippen molar-refractivity contribution in [2.75, 3.05) is 19.6 Å². The summed E-state index contributed by atoms with van der Waals surface area (Å²) in [5, 5.41) is 0. The van der Waals surface area contributed by atoms with Gasteiger partial charge in [-0.15, -0.1) is 0 Å². The van der Waals surface area contributed by atoms with Crippen molar-refractivity contribution in [3.8, 4) is 0 Å². The standard InChI is InChI=1S/C19H33N/c1-3-16-20(17-4-2)18-12-7-5-6-9-13-19-14-10-8-11-15-19/h8,10-11,14-15H,3-7,9,12-13,16-18H2,1-2H3. The minimum atomic E-state index is 1.25. The molecule has 0 aliphatic rings. The van der Waals surface area contributed by atoms with Crippen LogP contribution in [0.3, 0.4) is 0 Å². The molecule has 1 rings (SSSR count). The van der Waals surface area contributed by atoms with E-state index in [0.717, 1.165) is 0 Å². The summed E-state index contributed by atoms with van der Waals surface area (Å²) in [7, 11) is 0. The van der Waals surface area contributed by atoms with E-state index in [1.165, 1.54) is 76.6 Å². The third-order valence-electron chi connectivity index (χ3n) is 3.86. The summed E-state index contributed by atoms with van der Waals surface area (Å²) < 4.78 is 0. The van der Waals surface area contributed by atoms with Gasteiger partial charge in [0.1, 0.15) is 0 Å². The van der Waals surface area contributed by atoms with Crippen LogP contribution in [0.25, 0.3) is 0 Å². The van der Waals surface area contributed by atoms with Crippen LogP contribution in [0.2, 0.25) is 0 Å². The quantitative estimate of drug-likeness (QED) is 0.468. The Morgan fingerprint density at radius 1 is 0.700 bits per heavy atom. The summed E-state index contributed by atoms with van der Waals surface area (Å²) in [5.41, 5.74) is 1.49. The molecule has 20 heavy (non-hydrogen) atoms. The number of aryl methyl sites for hydroxylation is 1. The van der Waals surface area contributed by atoms with Gasteiger partial charge in [-0.05, 0) is 57.3 Å². The van der Waals surface area contributed by atoms with E-state index in [9.17, 15) is 0 Å². The number of hydrogen-bond donors (Lipinski definition) is 0. The molecule has 0 radical (unpaired) electrons. The first-order chi connectivity index (χ1) is 9.86. The zero-order valence-corrected chi connectivity index (χ0v) is 13.6. The zero-order valence-electron chi connectivity index (χ0n) is 13.6. The van der Waals surface area contributed by atoms with Gasteiger partial charge in [0.15, 0.2) is 0 Å². The van der Waals surface area contributed by atoms with E-state index < -0.39 is 0 Å². The Bertz CT molecular complexity index is 301. The molecule has 0 bridgehead atoms. The Kier molecular flexibility index (Phi) is 10.3. The SMILES string of the molecule is CCCN(CCC)CCCCCCCc1ccccc1. The minimum absolute atomic E-state index is 1.25. The molecule has 0 fully saturated rings. The van der Waals surface area contributed by atoms with E-state index in [1.54, 1.807) is 0 Å². The van der Waals surface area contributed by atoms with E-state index in [1.807, 2.05) is 0 Å². The lowest BCUT2D eigenvalue weighted by atomic mass is 10.1. The fraction of sp³-hybridized carbons (Fsp3) is 0.684.